The Kier molecular flexibility index (Phi) is 4.33. The smallest absolute Gasteiger partial charge is 0.124 e. The summed E-state index contributed by atoms with van der Waals surface area (Å²) in [5, 5.41) is 4.36. The topological polar surface area (TPSA) is 34.1 Å². The third-order valence-electron chi connectivity index (χ3n) is 3.48. The molecule has 0 bridgehead atoms. The average Bonchev–Trinajstić information content (AvgIpc) is 3.17. The second-order valence-corrected chi connectivity index (χ2v) is 6.58. The summed E-state index contributed by atoms with van der Waals surface area (Å²) < 4.78 is 18.8. The largest absolute Gasteiger partial charge is 0.378 e. The Bertz CT molecular complexity index is 617. The molecule has 0 saturated heterocycles. The fourth-order valence-electron chi connectivity index (χ4n) is 2.28. The summed E-state index contributed by atoms with van der Waals surface area (Å²) in [7, 11) is 1.67. The molecule has 1 aliphatic carbocycles. The van der Waals surface area contributed by atoms with Crippen LogP contribution in [-0.4, -0.2) is 18.1 Å². The Morgan fingerprint density at radius 1 is 1.38 bits per heavy atom. The molecule has 0 amide bonds. The highest BCUT2D eigenvalue weighted by molar-refractivity contribution is 7.15. The van der Waals surface area contributed by atoms with E-state index in [-0.39, 0.29) is 5.82 Å². The van der Waals surface area contributed by atoms with Crippen molar-refractivity contribution in [3.8, 4) is 10.6 Å². The van der Waals surface area contributed by atoms with Gasteiger partial charge in [-0.1, -0.05) is 0 Å². The number of benzene rings is 1. The number of thiazole rings is 1. The molecule has 2 aromatic rings. The van der Waals surface area contributed by atoms with Gasteiger partial charge in [-0.15, -0.1) is 11.3 Å². The number of nitrogens with zero attached hydrogens (tertiary/aromatic N) is 1. The van der Waals surface area contributed by atoms with Crippen molar-refractivity contribution in [3.05, 3.63) is 40.2 Å². The summed E-state index contributed by atoms with van der Waals surface area (Å²) in [6, 6.07) is 5.70. The Balaban J connectivity index is 1.88. The van der Waals surface area contributed by atoms with E-state index in [4.69, 9.17) is 4.74 Å². The van der Waals surface area contributed by atoms with Gasteiger partial charge in [-0.3, -0.25) is 0 Å². The van der Waals surface area contributed by atoms with Gasteiger partial charge < -0.3 is 10.1 Å². The van der Waals surface area contributed by atoms with Gasteiger partial charge in [-0.25, -0.2) is 9.37 Å². The fourth-order valence-corrected chi connectivity index (χ4v) is 3.28. The van der Waals surface area contributed by atoms with Crippen LogP contribution in [0.4, 0.5) is 4.39 Å². The first-order chi connectivity index (χ1) is 10.2. The molecule has 3 nitrogen and oxygen atoms in total. The Morgan fingerprint density at radius 3 is 2.86 bits per heavy atom. The van der Waals surface area contributed by atoms with Crippen molar-refractivity contribution in [2.75, 3.05) is 7.11 Å². The summed E-state index contributed by atoms with van der Waals surface area (Å²) in [4.78, 5) is 5.82. The van der Waals surface area contributed by atoms with Crippen LogP contribution >= 0.6 is 11.3 Å². The van der Waals surface area contributed by atoms with E-state index in [1.165, 1.54) is 23.8 Å². The monoisotopic (exact) mass is 306 g/mol. The number of halogens is 1. The van der Waals surface area contributed by atoms with Crippen LogP contribution in [0.2, 0.25) is 0 Å². The molecule has 112 valence electrons. The molecule has 1 aliphatic rings. The Hall–Kier alpha value is -1.30. The van der Waals surface area contributed by atoms with E-state index >= 15 is 0 Å². The van der Waals surface area contributed by atoms with E-state index in [1.807, 2.05) is 13.0 Å². The molecule has 0 spiro atoms. The Labute approximate surface area is 128 Å². The van der Waals surface area contributed by atoms with Gasteiger partial charge in [0.15, 0.2) is 0 Å². The molecule has 1 fully saturated rings. The molecule has 0 radical (unpaired) electrons. The van der Waals surface area contributed by atoms with Crippen molar-refractivity contribution < 1.29 is 9.13 Å². The van der Waals surface area contributed by atoms with Crippen LogP contribution in [0.15, 0.2) is 18.2 Å². The van der Waals surface area contributed by atoms with Gasteiger partial charge >= 0.3 is 0 Å². The minimum absolute atomic E-state index is 0.217. The molecule has 5 heteroatoms. The highest BCUT2D eigenvalue weighted by atomic mass is 32.1. The zero-order valence-corrected chi connectivity index (χ0v) is 13.1. The SMILES string of the molecule is COCc1nc(-c2cc(C)cc(F)c2)sc1CNC1CC1. The van der Waals surface area contributed by atoms with Gasteiger partial charge in [0.05, 0.1) is 12.3 Å². The molecule has 1 saturated carbocycles. The molecule has 3 rings (SSSR count). The maximum absolute atomic E-state index is 13.6. The van der Waals surface area contributed by atoms with E-state index in [0.717, 1.165) is 28.4 Å². The molecule has 21 heavy (non-hydrogen) atoms. The molecule has 1 N–H and O–H groups in total. The Morgan fingerprint density at radius 2 is 2.19 bits per heavy atom. The highest BCUT2D eigenvalue weighted by Gasteiger charge is 2.21. The predicted molar refractivity (Wildman–Crippen MR) is 82.8 cm³/mol. The molecular formula is C16H19FN2OS. The average molecular weight is 306 g/mol. The third kappa shape index (κ3) is 3.67. The summed E-state index contributed by atoms with van der Waals surface area (Å²) in [5.74, 6) is -0.217. The normalized spacial score (nSPS) is 14.6. The molecule has 0 aliphatic heterocycles. The maximum Gasteiger partial charge on any atom is 0.124 e. The first-order valence-electron chi connectivity index (χ1n) is 7.14. The minimum Gasteiger partial charge on any atom is -0.378 e. The van der Waals surface area contributed by atoms with Crippen LogP contribution < -0.4 is 5.32 Å². The highest BCUT2D eigenvalue weighted by Crippen LogP contribution is 2.30. The lowest BCUT2D eigenvalue weighted by atomic mass is 10.1. The lowest BCUT2D eigenvalue weighted by Crippen LogP contribution is -2.15. The summed E-state index contributed by atoms with van der Waals surface area (Å²) in [5.41, 5.74) is 2.70. The number of aromatic nitrogens is 1. The predicted octanol–water partition coefficient (Wildman–Crippen LogP) is 3.66. The van der Waals surface area contributed by atoms with Gasteiger partial charge in [0.2, 0.25) is 0 Å². The van der Waals surface area contributed by atoms with Crippen molar-refractivity contribution in [1.82, 2.24) is 10.3 Å². The number of aryl methyl sites for hydroxylation is 1. The van der Waals surface area contributed by atoms with E-state index in [1.54, 1.807) is 24.5 Å². The summed E-state index contributed by atoms with van der Waals surface area (Å²) in [6.07, 6.45) is 2.52. The summed E-state index contributed by atoms with van der Waals surface area (Å²) in [6.45, 7) is 3.20. The standard InChI is InChI=1S/C16H19FN2OS/c1-10-5-11(7-12(17)6-10)16-19-14(9-20-2)15(21-16)8-18-13-3-4-13/h5-7,13,18H,3-4,8-9H2,1-2H3. The fraction of sp³-hybridized carbons (Fsp3) is 0.438. The van der Waals surface area contributed by atoms with Gasteiger partial charge in [0, 0.05) is 30.1 Å². The van der Waals surface area contributed by atoms with Crippen molar-refractivity contribution in [2.24, 2.45) is 0 Å². The zero-order valence-electron chi connectivity index (χ0n) is 12.3. The van der Waals surface area contributed by atoms with Crippen molar-refractivity contribution in [3.63, 3.8) is 0 Å². The molecule has 1 aromatic carbocycles. The van der Waals surface area contributed by atoms with Crippen molar-refractivity contribution in [1.29, 1.82) is 0 Å². The van der Waals surface area contributed by atoms with Gasteiger partial charge in [0.1, 0.15) is 10.8 Å². The summed E-state index contributed by atoms with van der Waals surface area (Å²) >= 11 is 1.62. The number of hydrogen-bond donors (Lipinski definition) is 1. The second-order valence-electron chi connectivity index (χ2n) is 5.49. The number of nitrogens with one attached hydrogen (secondary N) is 1. The number of ether oxygens (including phenoxy) is 1. The lowest BCUT2D eigenvalue weighted by molar-refractivity contribution is 0.181. The number of rotatable bonds is 6. The first-order valence-corrected chi connectivity index (χ1v) is 7.96. The lowest BCUT2D eigenvalue weighted by Gasteiger charge is -2.02. The van der Waals surface area contributed by atoms with Gasteiger partial charge in [-0.05, 0) is 43.5 Å². The number of methoxy groups -OCH3 is 1. The minimum atomic E-state index is -0.217. The van der Waals surface area contributed by atoms with Crippen LogP contribution in [0.25, 0.3) is 10.6 Å². The molecule has 0 unspecified atom stereocenters. The van der Waals surface area contributed by atoms with Crippen molar-refractivity contribution >= 4 is 11.3 Å². The van der Waals surface area contributed by atoms with Crippen molar-refractivity contribution in [2.45, 2.75) is 39.0 Å². The third-order valence-corrected chi connectivity index (χ3v) is 4.62. The van der Waals surface area contributed by atoms with E-state index in [0.29, 0.717) is 12.6 Å². The number of hydrogen-bond acceptors (Lipinski definition) is 4. The maximum atomic E-state index is 13.6. The van der Waals surface area contributed by atoms with E-state index in [2.05, 4.69) is 10.3 Å². The van der Waals surface area contributed by atoms with Crippen LogP contribution in [0.1, 0.15) is 29.0 Å². The van der Waals surface area contributed by atoms with Gasteiger partial charge in [-0.2, -0.15) is 0 Å². The van der Waals surface area contributed by atoms with Crippen LogP contribution in [-0.2, 0) is 17.9 Å². The molecule has 1 heterocycles. The molecule has 0 atom stereocenters. The van der Waals surface area contributed by atoms with Gasteiger partial charge in [0.25, 0.3) is 0 Å². The zero-order chi connectivity index (χ0) is 14.8. The van der Waals surface area contributed by atoms with Crippen LogP contribution in [0.3, 0.4) is 0 Å². The molecule has 1 aromatic heterocycles. The van der Waals surface area contributed by atoms with Crippen LogP contribution in [0, 0.1) is 12.7 Å². The van der Waals surface area contributed by atoms with E-state index in [9.17, 15) is 4.39 Å². The second kappa shape index (κ2) is 6.22. The van der Waals surface area contributed by atoms with Crippen LogP contribution in [0.5, 0.6) is 0 Å². The first kappa shape index (κ1) is 14.6. The molecular weight excluding hydrogens is 287 g/mol. The van der Waals surface area contributed by atoms with E-state index < -0.39 is 0 Å². The quantitative estimate of drug-likeness (QED) is 0.884.